The van der Waals surface area contributed by atoms with Crippen molar-refractivity contribution in [1.29, 1.82) is 0 Å². The quantitative estimate of drug-likeness (QED) is 0.693. The van der Waals surface area contributed by atoms with E-state index in [1.807, 2.05) is 26.8 Å². The molecule has 142 valence electrons. The second-order valence-electron chi connectivity index (χ2n) is 7.11. The van der Waals surface area contributed by atoms with Crippen molar-refractivity contribution < 1.29 is 13.9 Å². The number of nitrogens with zero attached hydrogens (tertiary/aromatic N) is 2. The Kier molecular flexibility index (Phi) is 5.22. The van der Waals surface area contributed by atoms with Gasteiger partial charge in [0.25, 0.3) is 0 Å². The van der Waals surface area contributed by atoms with Gasteiger partial charge in [-0.25, -0.2) is 0 Å². The molecule has 1 amide bonds. The molecular weight excluding hydrogens is 342 g/mol. The highest BCUT2D eigenvalue weighted by Gasteiger charge is 2.39. The zero-order valence-electron chi connectivity index (χ0n) is 16.3. The Labute approximate surface area is 159 Å². The highest BCUT2D eigenvalue weighted by molar-refractivity contribution is 5.88. The first kappa shape index (κ1) is 19.0. The fraction of sp³-hybridized carbons (Fsp3) is 0.476. The minimum Gasteiger partial charge on any atom is -0.493 e. The van der Waals surface area contributed by atoms with Crippen molar-refractivity contribution >= 4 is 16.9 Å². The molecule has 0 spiro atoms. The first-order chi connectivity index (χ1) is 12.9. The maximum atomic E-state index is 12.4. The molecule has 0 saturated carbocycles. The number of furan rings is 1. The standard InChI is InChI=1S/C21H25N3O3/c1-6-7-9-21(23-24-21)10-8-18(25)22-15(4)19-14(3)16-11-13(2)12-17(26-5)20(16)27-19/h1,11-12,15H,7-10H2,2-5H3,(H,22,25). The van der Waals surface area contributed by atoms with Gasteiger partial charge in [0.05, 0.1) is 13.2 Å². The molecule has 0 saturated heterocycles. The van der Waals surface area contributed by atoms with Crippen molar-refractivity contribution in [3.8, 4) is 18.1 Å². The van der Waals surface area contributed by atoms with Crippen LogP contribution >= 0.6 is 0 Å². The Morgan fingerprint density at radius 2 is 2.11 bits per heavy atom. The summed E-state index contributed by atoms with van der Waals surface area (Å²) in [5, 5.41) is 12.2. The molecule has 2 heterocycles. The maximum absolute atomic E-state index is 12.4. The van der Waals surface area contributed by atoms with E-state index in [1.165, 1.54) is 0 Å². The lowest BCUT2D eigenvalue weighted by Crippen LogP contribution is -2.28. The largest absolute Gasteiger partial charge is 0.493 e. The van der Waals surface area contributed by atoms with Crippen LogP contribution in [0.3, 0.4) is 0 Å². The van der Waals surface area contributed by atoms with E-state index in [1.54, 1.807) is 7.11 Å². The molecule has 6 heteroatoms. The minimum atomic E-state index is -0.437. The summed E-state index contributed by atoms with van der Waals surface area (Å²) >= 11 is 0. The Morgan fingerprint density at radius 3 is 2.74 bits per heavy atom. The van der Waals surface area contributed by atoms with Crippen molar-refractivity contribution in [2.45, 2.75) is 58.2 Å². The Hall–Kier alpha value is -2.81. The van der Waals surface area contributed by atoms with Crippen molar-refractivity contribution in [2.75, 3.05) is 7.11 Å². The molecule has 0 aliphatic carbocycles. The van der Waals surface area contributed by atoms with Crippen molar-refractivity contribution in [3.63, 3.8) is 0 Å². The summed E-state index contributed by atoms with van der Waals surface area (Å²) < 4.78 is 11.5. The van der Waals surface area contributed by atoms with Crippen LogP contribution in [0.4, 0.5) is 0 Å². The van der Waals surface area contributed by atoms with E-state index in [0.717, 1.165) is 22.3 Å². The number of hydrogen-bond acceptors (Lipinski definition) is 5. The highest BCUT2D eigenvalue weighted by Crippen LogP contribution is 2.38. The lowest BCUT2D eigenvalue weighted by atomic mass is 10.0. The summed E-state index contributed by atoms with van der Waals surface area (Å²) in [6, 6.07) is 3.76. The van der Waals surface area contributed by atoms with Gasteiger partial charge in [-0.15, -0.1) is 12.3 Å². The molecule has 27 heavy (non-hydrogen) atoms. The maximum Gasteiger partial charge on any atom is 0.220 e. The average molecular weight is 367 g/mol. The van der Waals surface area contributed by atoms with Crippen molar-refractivity contribution in [3.05, 3.63) is 29.0 Å². The summed E-state index contributed by atoms with van der Waals surface area (Å²) in [6.07, 6.45) is 7.55. The predicted octanol–water partition coefficient (Wildman–Crippen LogP) is 4.59. The number of fused-ring (bicyclic) bond motifs is 1. The van der Waals surface area contributed by atoms with Crippen LogP contribution in [-0.2, 0) is 4.79 Å². The van der Waals surface area contributed by atoms with Crippen molar-refractivity contribution in [1.82, 2.24) is 5.32 Å². The number of aryl methyl sites for hydroxylation is 2. The molecule has 1 aliphatic rings. The van der Waals surface area contributed by atoms with Crippen LogP contribution in [0.15, 0.2) is 26.8 Å². The summed E-state index contributed by atoms with van der Waals surface area (Å²) in [4.78, 5) is 12.4. The van der Waals surface area contributed by atoms with Crippen LogP contribution < -0.4 is 10.1 Å². The second kappa shape index (κ2) is 7.43. The predicted molar refractivity (Wildman–Crippen MR) is 104 cm³/mol. The molecule has 1 N–H and O–H groups in total. The van der Waals surface area contributed by atoms with Crippen LogP contribution in [0.5, 0.6) is 5.75 Å². The van der Waals surface area contributed by atoms with E-state index in [9.17, 15) is 4.79 Å². The van der Waals surface area contributed by atoms with Crippen LogP contribution in [0.2, 0.25) is 0 Å². The van der Waals surface area contributed by atoms with Gasteiger partial charge in [0.1, 0.15) is 5.76 Å². The van der Waals surface area contributed by atoms with Gasteiger partial charge >= 0.3 is 0 Å². The highest BCUT2D eigenvalue weighted by atomic mass is 16.5. The Morgan fingerprint density at radius 1 is 1.37 bits per heavy atom. The molecule has 2 aromatic rings. The number of carbonyl (C=O) groups excluding carboxylic acids is 1. The fourth-order valence-corrected chi connectivity index (χ4v) is 3.37. The summed E-state index contributed by atoms with van der Waals surface area (Å²) in [5.41, 5.74) is 2.38. The topological polar surface area (TPSA) is 76.2 Å². The zero-order chi connectivity index (χ0) is 19.6. The SMILES string of the molecule is C#CCCC1(CCC(=O)NC(C)c2oc3c(OC)cc(C)cc3c2C)N=N1. The average Bonchev–Trinajstić information content (AvgIpc) is 3.35. The van der Waals surface area contributed by atoms with Gasteiger partial charge in [-0.1, -0.05) is 0 Å². The number of ether oxygens (including phenoxy) is 1. The number of carbonyl (C=O) groups is 1. The van der Waals surface area contributed by atoms with E-state index >= 15 is 0 Å². The molecule has 1 aromatic heterocycles. The molecule has 1 aromatic carbocycles. The first-order valence-corrected chi connectivity index (χ1v) is 9.13. The number of benzene rings is 1. The summed E-state index contributed by atoms with van der Waals surface area (Å²) in [6.45, 7) is 5.94. The molecule has 1 atom stereocenters. The van der Waals surface area contributed by atoms with Crippen molar-refractivity contribution in [2.24, 2.45) is 10.2 Å². The normalized spacial score (nSPS) is 15.4. The van der Waals surface area contributed by atoms with Gasteiger partial charge < -0.3 is 14.5 Å². The Bertz CT molecular complexity index is 930. The number of nitrogens with one attached hydrogen (secondary N) is 1. The minimum absolute atomic E-state index is 0.0529. The van der Waals surface area contributed by atoms with E-state index < -0.39 is 5.66 Å². The molecular formula is C21H25N3O3. The Balaban J connectivity index is 1.67. The second-order valence-corrected chi connectivity index (χ2v) is 7.11. The smallest absolute Gasteiger partial charge is 0.220 e. The monoisotopic (exact) mass is 367 g/mol. The molecule has 0 bridgehead atoms. The van der Waals surface area contributed by atoms with E-state index in [-0.39, 0.29) is 11.9 Å². The van der Waals surface area contributed by atoms with E-state index in [0.29, 0.717) is 37.0 Å². The third-order valence-corrected chi connectivity index (χ3v) is 4.98. The number of terminal acetylenes is 1. The fourth-order valence-electron chi connectivity index (χ4n) is 3.37. The van der Waals surface area contributed by atoms with Gasteiger partial charge in [0.2, 0.25) is 5.91 Å². The number of methoxy groups -OCH3 is 1. The van der Waals surface area contributed by atoms with Gasteiger partial charge in [0, 0.05) is 36.6 Å². The first-order valence-electron chi connectivity index (χ1n) is 9.13. The van der Waals surface area contributed by atoms with Gasteiger partial charge in [-0.2, -0.15) is 10.2 Å². The molecule has 6 nitrogen and oxygen atoms in total. The number of amides is 1. The summed E-state index contributed by atoms with van der Waals surface area (Å²) in [5.74, 6) is 3.98. The van der Waals surface area contributed by atoms with Crippen LogP contribution in [-0.4, -0.2) is 18.7 Å². The molecule has 0 radical (unpaired) electrons. The van der Waals surface area contributed by atoms with Crippen LogP contribution in [0, 0.1) is 26.2 Å². The molecule has 1 unspecified atom stereocenters. The van der Waals surface area contributed by atoms with Crippen LogP contribution in [0.1, 0.15) is 55.5 Å². The lowest BCUT2D eigenvalue weighted by Gasteiger charge is -2.14. The third kappa shape index (κ3) is 3.97. The lowest BCUT2D eigenvalue weighted by molar-refractivity contribution is -0.122. The number of rotatable bonds is 8. The van der Waals surface area contributed by atoms with E-state index in [2.05, 4.69) is 27.5 Å². The van der Waals surface area contributed by atoms with E-state index in [4.69, 9.17) is 15.6 Å². The zero-order valence-corrected chi connectivity index (χ0v) is 16.3. The van der Waals surface area contributed by atoms with Crippen LogP contribution in [0.25, 0.3) is 11.0 Å². The molecule has 3 rings (SSSR count). The third-order valence-electron chi connectivity index (χ3n) is 4.98. The van der Waals surface area contributed by atoms with Gasteiger partial charge in [0.15, 0.2) is 17.0 Å². The van der Waals surface area contributed by atoms with Gasteiger partial charge in [-0.3, -0.25) is 4.79 Å². The van der Waals surface area contributed by atoms with Gasteiger partial charge in [-0.05, 0) is 38.5 Å². The number of hydrogen-bond donors (Lipinski definition) is 1. The molecule has 1 aliphatic heterocycles. The summed E-state index contributed by atoms with van der Waals surface area (Å²) in [7, 11) is 1.63. The molecule has 0 fully saturated rings.